The molecule has 1 amide bonds. The summed E-state index contributed by atoms with van der Waals surface area (Å²) in [5.74, 6) is 1.00. The molecule has 0 N–H and O–H groups in total. The summed E-state index contributed by atoms with van der Waals surface area (Å²) in [4.78, 5) is 17.0. The summed E-state index contributed by atoms with van der Waals surface area (Å²) in [6, 6.07) is 14.0. The third-order valence-electron chi connectivity index (χ3n) is 5.39. The molecule has 0 aromatic heterocycles. The van der Waals surface area contributed by atoms with Crippen LogP contribution in [0.25, 0.3) is 0 Å². The SMILES string of the molecule is CCC(=O)N(c1ccc(Cl)cc1)c1ccc2c(c1)CN(CC1CC1)CC2. The highest BCUT2D eigenvalue weighted by Gasteiger charge is 2.27. The second-order valence-corrected chi connectivity index (χ2v) is 7.88. The van der Waals surface area contributed by atoms with E-state index in [-0.39, 0.29) is 5.91 Å². The van der Waals surface area contributed by atoms with Crippen LogP contribution in [-0.2, 0) is 17.8 Å². The Kier molecular flexibility index (Phi) is 5.01. The van der Waals surface area contributed by atoms with Gasteiger partial charge in [-0.3, -0.25) is 14.6 Å². The van der Waals surface area contributed by atoms with Crippen molar-refractivity contribution in [3.05, 3.63) is 58.6 Å². The highest BCUT2D eigenvalue weighted by Crippen LogP contribution is 2.34. The van der Waals surface area contributed by atoms with Crippen LogP contribution in [0.3, 0.4) is 0 Å². The Morgan fingerprint density at radius 1 is 1.12 bits per heavy atom. The number of carbonyl (C=O) groups is 1. The minimum absolute atomic E-state index is 0.0953. The van der Waals surface area contributed by atoms with E-state index in [1.807, 2.05) is 36.1 Å². The standard InChI is InChI=1S/C22H25ClN2O/c1-2-22(26)25(20-9-6-19(23)7-10-20)21-8-5-17-11-12-24(14-16-3-4-16)15-18(17)13-21/h5-10,13,16H,2-4,11-12,14-15H2,1H3. The van der Waals surface area contributed by atoms with Crippen LogP contribution in [0, 0.1) is 5.92 Å². The summed E-state index contributed by atoms with van der Waals surface area (Å²) in [5.41, 5.74) is 4.59. The summed E-state index contributed by atoms with van der Waals surface area (Å²) in [5, 5.41) is 0.679. The third kappa shape index (κ3) is 3.79. The smallest absolute Gasteiger partial charge is 0.231 e. The number of carbonyl (C=O) groups excluding carboxylic acids is 1. The largest absolute Gasteiger partial charge is 0.298 e. The third-order valence-corrected chi connectivity index (χ3v) is 5.64. The molecule has 3 nitrogen and oxygen atoms in total. The molecule has 0 saturated heterocycles. The number of halogens is 1. The Bertz CT molecular complexity index is 798. The summed E-state index contributed by atoms with van der Waals surface area (Å²) in [7, 11) is 0. The highest BCUT2D eigenvalue weighted by molar-refractivity contribution is 6.30. The van der Waals surface area contributed by atoms with Crippen molar-refractivity contribution < 1.29 is 4.79 Å². The lowest BCUT2D eigenvalue weighted by molar-refractivity contribution is -0.117. The van der Waals surface area contributed by atoms with Gasteiger partial charge in [0.2, 0.25) is 5.91 Å². The maximum atomic E-state index is 12.7. The van der Waals surface area contributed by atoms with Gasteiger partial charge < -0.3 is 0 Å². The maximum absolute atomic E-state index is 12.7. The molecule has 1 heterocycles. The topological polar surface area (TPSA) is 23.6 Å². The maximum Gasteiger partial charge on any atom is 0.231 e. The van der Waals surface area contributed by atoms with Gasteiger partial charge in [0, 0.05) is 42.5 Å². The summed E-state index contributed by atoms with van der Waals surface area (Å²) in [6.07, 6.45) is 4.34. The van der Waals surface area contributed by atoms with Gasteiger partial charge in [0.05, 0.1) is 0 Å². The fourth-order valence-electron chi connectivity index (χ4n) is 3.75. The van der Waals surface area contributed by atoms with Crippen LogP contribution >= 0.6 is 11.6 Å². The average Bonchev–Trinajstić information content (AvgIpc) is 3.47. The number of anilines is 2. The van der Waals surface area contributed by atoms with E-state index in [9.17, 15) is 4.79 Å². The molecule has 136 valence electrons. The first-order valence-electron chi connectivity index (χ1n) is 9.56. The number of benzene rings is 2. The summed E-state index contributed by atoms with van der Waals surface area (Å²) >= 11 is 6.02. The van der Waals surface area contributed by atoms with Crippen LogP contribution in [0.15, 0.2) is 42.5 Å². The molecule has 26 heavy (non-hydrogen) atoms. The fourth-order valence-corrected chi connectivity index (χ4v) is 3.87. The van der Waals surface area contributed by atoms with E-state index in [1.165, 1.54) is 30.5 Å². The first-order chi connectivity index (χ1) is 12.6. The van der Waals surface area contributed by atoms with Crippen LogP contribution in [0.1, 0.15) is 37.3 Å². The van der Waals surface area contributed by atoms with Gasteiger partial charge in [-0.25, -0.2) is 0 Å². The molecule has 2 aromatic carbocycles. The predicted octanol–water partition coefficient (Wildman–Crippen LogP) is 5.18. The van der Waals surface area contributed by atoms with E-state index >= 15 is 0 Å². The molecule has 1 aliphatic carbocycles. The predicted molar refractivity (Wildman–Crippen MR) is 107 cm³/mol. The fraction of sp³-hybridized carbons (Fsp3) is 0.409. The van der Waals surface area contributed by atoms with Gasteiger partial charge in [0.1, 0.15) is 0 Å². The van der Waals surface area contributed by atoms with E-state index in [1.54, 1.807) is 0 Å². The molecular formula is C22H25ClN2O. The van der Waals surface area contributed by atoms with Gasteiger partial charge in [0.15, 0.2) is 0 Å². The quantitative estimate of drug-likeness (QED) is 0.725. The van der Waals surface area contributed by atoms with Crippen LogP contribution in [0.2, 0.25) is 5.02 Å². The minimum Gasteiger partial charge on any atom is -0.298 e. The van der Waals surface area contributed by atoms with E-state index in [4.69, 9.17) is 11.6 Å². The molecule has 1 fully saturated rings. The summed E-state index contributed by atoms with van der Waals surface area (Å²) < 4.78 is 0. The molecule has 0 spiro atoms. The molecule has 0 radical (unpaired) electrons. The molecular weight excluding hydrogens is 344 g/mol. The molecule has 1 saturated carbocycles. The van der Waals surface area contributed by atoms with Crippen molar-refractivity contribution in [3.63, 3.8) is 0 Å². The zero-order valence-electron chi connectivity index (χ0n) is 15.2. The van der Waals surface area contributed by atoms with Crippen molar-refractivity contribution in [3.8, 4) is 0 Å². The Labute approximate surface area is 160 Å². The van der Waals surface area contributed by atoms with Crippen molar-refractivity contribution in [1.82, 2.24) is 4.90 Å². The van der Waals surface area contributed by atoms with E-state index in [0.717, 1.165) is 36.8 Å². The minimum atomic E-state index is 0.0953. The lowest BCUT2D eigenvalue weighted by atomic mass is 9.98. The molecule has 1 aliphatic heterocycles. The Morgan fingerprint density at radius 3 is 2.54 bits per heavy atom. The van der Waals surface area contributed by atoms with Crippen LogP contribution < -0.4 is 4.90 Å². The molecule has 0 bridgehead atoms. The van der Waals surface area contributed by atoms with Gasteiger partial charge in [-0.05, 0) is 72.7 Å². The number of fused-ring (bicyclic) bond motifs is 1. The number of hydrogen-bond donors (Lipinski definition) is 0. The highest BCUT2D eigenvalue weighted by atomic mass is 35.5. The van der Waals surface area contributed by atoms with Crippen LogP contribution in [-0.4, -0.2) is 23.9 Å². The number of nitrogens with zero attached hydrogens (tertiary/aromatic N) is 2. The zero-order chi connectivity index (χ0) is 18.1. The van der Waals surface area contributed by atoms with Crippen molar-refractivity contribution in [1.29, 1.82) is 0 Å². The molecule has 0 atom stereocenters. The van der Waals surface area contributed by atoms with E-state index < -0.39 is 0 Å². The average molecular weight is 369 g/mol. The monoisotopic (exact) mass is 368 g/mol. The number of rotatable bonds is 5. The van der Waals surface area contributed by atoms with Gasteiger partial charge in [0.25, 0.3) is 0 Å². The van der Waals surface area contributed by atoms with Crippen LogP contribution in [0.5, 0.6) is 0 Å². The zero-order valence-corrected chi connectivity index (χ0v) is 16.0. The van der Waals surface area contributed by atoms with Gasteiger partial charge in [-0.2, -0.15) is 0 Å². The Balaban J connectivity index is 1.63. The first-order valence-corrected chi connectivity index (χ1v) is 9.94. The van der Waals surface area contributed by atoms with Gasteiger partial charge in [-0.1, -0.05) is 24.6 Å². The van der Waals surface area contributed by atoms with Crippen molar-refractivity contribution in [2.24, 2.45) is 5.92 Å². The molecule has 2 aromatic rings. The van der Waals surface area contributed by atoms with Gasteiger partial charge in [-0.15, -0.1) is 0 Å². The molecule has 0 unspecified atom stereocenters. The number of amides is 1. The first kappa shape index (κ1) is 17.6. The number of hydrogen-bond acceptors (Lipinski definition) is 2. The van der Waals surface area contributed by atoms with Crippen molar-refractivity contribution in [2.45, 2.75) is 39.2 Å². The molecule has 4 heteroatoms. The normalized spacial score (nSPS) is 17.0. The Hall–Kier alpha value is -1.84. The Morgan fingerprint density at radius 2 is 1.85 bits per heavy atom. The van der Waals surface area contributed by atoms with Crippen LogP contribution in [0.4, 0.5) is 11.4 Å². The van der Waals surface area contributed by atoms with Gasteiger partial charge >= 0.3 is 0 Å². The lowest BCUT2D eigenvalue weighted by Gasteiger charge is -2.30. The molecule has 4 rings (SSSR count). The second kappa shape index (κ2) is 7.42. The van der Waals surface area contributed by atoms with Crippen molar-refractivity contribution in [2.75, 3.05) is 18.0 Å². The molecule has 2 aliphatic rings. The van der Waals surface area contributed by atoms with E-state index in [2.05, 4.69) is 23.1 Å². The lowest BCUT2D eigenvalue weighted by Crippen LogP contribution is -2.32. The van der Waals surface area contributed by atoms with E-state index in [0.29, 0.717) is 11.4 Å². The van der Waals surface area contributed by atoms with Crippen molar-refractivity contribution >= 4 is 28.9 Å². The second-order valence-electron chi connectivity index (χ2n) is 7.44. The summed E-state index contributed by atoms with van der Waals surface area (Å²) in [6.45, 7) is 5.27.